The number of amides is 1. The molecule has 0 rings (SSSR count). The van der Waals surface area contributed by atoms with Gasteiger partial charge in [0.05, 0.1) is 6.04 Å². The molecule has 0 radical (unpaired) electrons. The molecule has 0 saturated heterocycles. The molecule has 102 valence electrons. The van der Waals surface area contributed by atoms with E-state index < -0.39 is 0 Å². The van der Waals surface area contributed by atoms with Crippen molar-refractivity contribution in [3.8, 4) is 0 Å². The first-order chi connectivity index (χ1) is 8.02. The average Bonchev–Trinajstić information content (AvgIpc) is 2.28. The molecular formula is C13H28N2O2. The Balaban J connectivity index is 3.93. The lowest BCUT2D eigenvalue weighted by Crippen LogP contribution is -2.46. The molecular weight excluding hydrogens is 216 g/mol. The third kappa shape index (κ3) is 7.34. The minimum atomic E-state index is -0.0776. The van der Waals surface area contributed by atoms with E-state index in [4.69, 9.17) is 4.74 Å². The van der Waals surface area contributed by atoms with Gasteiger partial charge in [0, 0.05) is 26.3 Å². The molecule has 1 N–H and O–H groups in total. The van der Waals surface area contributed by atoms with E-state index in [0.717, 1.165) is 32.4 Å². The zero-order chi connectivity index (χ0) is 13.3. The van der Waals surface area contributed by atoms with Gasteiger partial charge in [-0.25, -0.2) is 0 Å². The van der Waals surface area contributed by atoms with E-state index >= 15 is 0 Å². The number of likely N-dealkylation sites (N-methyl/N-ethyl adjacent to an activating group) is 1. The summed E-state index contributed by atoms with van der Waals surface area (Å²) in [5.74, 6) is 0.117. The van der Waals surface area contributed by atoms with E-state index in [1.165, 1.54) is 0 Å². The molecule has 4 heteroatoms. The molecule has 0 bridgehead atoms. The fourth-order valence-electron chi connectivity index (χ4n) is 1.72. The number of nitrogens with zero attached hydrogens (tertiary/aromatic N) is 1. The van der Waals surface area contributed by atoms with E-state index in [0.29, 0.717) is 0 Å². The SMILES string of the molecule is CCCC(C)NC(=O)C(C)N(C)CCCOC. The van der Waals surface area contributed by atoms with Crippen molar-refractivity contribution in [3.63, 3.8) is 0 Å². The van der Waals surface area contributed by atoms with Gasteiger partial charge in [-0.05, 0) is 33.7 Å². The first kappa shape index (κ1) is 16.4. The maximum absolute atomic E-state index is 11.9. The van der Waals surface area contributed by atoms with Crippen LogP contribution in [0.2, 0.25) is 0 Å². The summed E-state index contributed by atoms with van der Waals surface area (Å²) in [6, 6.07) is 0.188. The van der Waals surface area contributed by atoms with Crippen LogP contribution in [-0.2, 0) is 9.53 Å². The van der Waals surface area contributed by atoms with Crippen LogP contribution < -0.4 is 5.32 Å². The minimum Gasteiger partial charge on any atom is -0.385 e. The first-order valence-corrected chi connectivity index (χ1v) is 6.52. The summed E-state index contributed by atoms with van der Waals surface area (Å²) in [7, 11) is 3.67. The molecule has 4 nitrogen and oxygen atoms in total. The number of carbonyl (C=O) groups excluding carboxylic acids is 1. The number of hydrogen-bond acceptors (Lipinski definition) is 3. The standard InChI is InChI=1S/C13H28N2O2/c1-6-8-11(2)14-13(16)12(3)15(4)9-7-10-17-5/h11-12H,6-10H2,1-5H3,(H,14,16). The van der Waals surface area contributed by atoms with Crippen molar-refractivity contribution in [1.29, 1.82) is 0 Å². The van der Waals surface area contributed by atoms with Crippen LogP contribution in [0.25, 0.3) is 0 Å². The van der Waals surface area contributed by atoms with E-state index in [1.807, 2.05) is 14.0 Å². The Morgan fingerprint density at radius 1 is 1.41 bits per heavy atom. The summed E-state index contributed by atoms with van der Waals surface area (Å²) in [5.41, 5.74) is 0. The molecule has 17 heavy (non-hydrogen) atoms. The fourth-order valence-corrected chi connectivity index (χ4v) is 1.72. The van der Waals surface area contributed by atoms with Gasteiger partial charge in [-0.1, -0.05) is 13.3 Å². The van der Waals surface area contributed by atoms with Gasteiger partial charge >= 0.3 is 0 Å². The lowest BCUT2D eigenvalue weighted by molar-refractivity contribution is -0.126. The highest BCUT2D eigenvalue weighted by Gasteiger charge is 2.18. The monoisotopic (exact) mass is 244 g/mol. The van der Waals surface area contributed by atoms with E-state index in [1.54, 1.807) is 7.11 Å². The number of methoxy groups -OCH3 is 1. The Morgan fingerprint density at radius 3 is 2.59 bits per heavy atom. The Bertz CT molecular complexity index is 210. The summed E-state index contributed by atoms with van der Waals surface area (Å²) < 4.78 is 5.00. The van der Waals surface area contributed by atoms with Crippen molar-refractivity contribution < 1.29 is 9.53 Å². The van der Waals surface area contributed by atoms with Crippen LogP contribution in [0, 0.1) is 0 Å². The van der Waals surface area contributed by atoms with Crippen LogP contribution in [0.3, 0.4) is 0 Å². The fraction of sp³-hybridized carbons (Fsp3) is 0.923. The van der Waals surface area contributed by atoms with Gasteiger partial charge < -0.3 is 10.1 Å². The molecule has 0 aromatic carbocycles. The largest absolute Gasteiger partial charge is 0.385 e. The second-order valence-corrected chi connectivity index (χ2v) is 4.70. The Hall–Kier alpha value is -0.610. The number of carbonyl (C=O) groups is 1. The lowest BCUT2D eigenvalue weighted by atomic mass is 10.2. The van der Waals surface area contributed by atoms with Crippen molar-refractivity contribution in [1.82, 2.24) is 10.2 Å². The molecule has 0 aliphatic heterocycles. The lowest BCUT2D eigenvalue weighted by Gasteiger charge is -2.25. The maximum atomic E-state index is 11.9. The van der Waals surface area contributed by atoms with Crippen LogP contribution in [0.5, 0.6) is 0 Å². The van der Waals surface area contributed by atoms with Crippen LogP contribution >= 0.6 is 0 Å². The zero-order valence-electron chi connectivity index (χ0n) is 12.0. The third-order valence-electron chi connectivity index (χ3n) is 3.01. The van der Waals surface area contributed by atoms with Crippen molar-refractivity contribution in [3.05, 3.63) is 0 Å². The van der Waals surface area contributed by atoms with Crippen LogP contribution in [-0.4, -0.2) is 50.2 Å². The van der Waals surface area contributed by atoms with Crippen molar-refractivity contribution >= 4 is 5.91 Å². The molecule has 0 aromatic heterocycles. The third-order valence-corrected chi connectivity index (χ3v) is 3.01. The predicted molar refractivity (Wildman–Crippen MR) is 71.1 cm³/mol. The summed E-state index contributed by atoms with van der Waals surface area (Å²) in [6.07, 6.45) is 3.08. The first-order valence-electron chi connectivity index (χ1n) is 6.52. The van der Waals surface area contributed by atoms with Gasteiger partial charge in [0.1, 0.15) is 0 Å². The van der Waals surface area contributed by atoms with Crippen LogP contribution in [0.4, 0.5) is 0 Å². The molecule has 2 unspecified atom stereocenters. The molecule has 0 aliphatic carbocycles. The number of hydrogen-bond donors (Lipinski definition) is 1. The molecule has 1 amide bonds. The van der Waals surface area contributed by atoms with Gasteiger partial charge in [0.2, 0.25) is 5.91 Å². The van der Waals surface area contributed by atoms with Crippen LogP contribution in [0.1, 0.15) is 40.0 Å². The Kier molecular flexibility index (Phi) is 9.09. The highest BCUT2D eigenvalue weighted by atomic mass is 16.5. The predicted octanol–water partition coefficient (Wildman–Crippen LogP) is 1.65. The van der Waals surface area contributed by atoms with Crippen molar-refractivity contribution in [2.75, 3.05) is 27.3 Å². The normalized spacial score (nSPS) is 14.7. The zero-order valence-corrected chi connectivity index (χ0v) is 12.0. The summed E-state index contributed by atoms with van der Waals surface area (Å²) >= 11 is 0. The molecule has 0 saturated carbocycles. The highest BCUT2D eigenvalue weighted by Crippen LogP contribution is 2.00. The van der Waals surface area contributed by atoms with Crippen molar-refractivity contribution in [2.45, 2.75) is 52.1 Å². The molecule has 0 aliphatic rings. The number of rotatable bonds is 9. The minimum absolute atomic E-state index is 0.0776. The van der Waals surface area contributed by atoms with Gasteiger partial charge in [0.15, 0.2) is 0 Å². The van der Waals surface area contributed by atoms with Gasteiger partial charge in [-0.2, -0.15) is 0 Å². The van der Waals surface area contributed by atoms with Gasteiger partial charge in [-0.15, -0.1) is 0 Å². The van der Waals surface area contributed by atoms with E-state index in [-0.39, 0.29) is 18.0 Å². The van der Waals surface area contributed by atoms with Gasteiger partial charge in [-0.3, -0.25) is 9.69 Å². The quantitative estimate of drug-likeness (QED) is 0.627. The second kappa shape index (κ2) is 9.42. The van der Waals surface area contributed by atoms with E-state index in [2.05, 4.69) is 24.1 Å². The molecule has 0 aromatic rings. The maximum Gasteiger partial charge on any atom is 0.237 e. The van der Waals surface area contributed by atoms with Gasteiger partial charge in [0.25, 0.3) is 0 Å². The summed E-state index contributed by atoms with van der Waals surface area (Å²) in [4.78, 5) is 14.0. The molecule has 2 atom stereocenters. The topological polar surface area (TPSA) is 41.6 Å². The Labute approximate surface area is 106 Å². The number of ether oxygens (including phenoxy) is 1. The average molecular weight is 244 g/mol. The number of nitrogens with one attached hydrogen (secondary N) is 1. The highest BCUT2D eigenvalue weighted by molar-refractivity contribution is 5.81. The smallest absolute Gasteiger partial charge is 0.237 e. The molecule has 0 fully saturated rings. The molecule has 0 spiro atoms. The van der Waals surface area contributed by atoms with Crippen molar-refractivity contribution in [2.24, 2.45) is 0 Å². The van der Waals surface area contributed by atoms with E-state index in [9.17, 15) is 4.79 Å². The molecule has 0 heterocycles. The summed E-state index contributed by atoms with van der Waals surface area (Å²) in [5, 5.41) is 3.04. The van der Waals surface area contributed by atoms with Crippen LogP contribution in [0.15, 0.2) is 0 Å². The second-order valence-electron chi connectivity index (χ2n) is 4.70. The Morgan fingerprint density at radius 2 is 2.06 bits per heavy atom. The summed E-state index contributed by atoms with van der Waals surface area (Å²) in [6.45, 7) is 7.75.